The van der Waals surface area contributed by atoms with Crippen molar-refractivity contribution in [1.29, 1.82) is 0 Å². The molecule has 1 atom stereocenters. The van der Waals surface area contributed by atoms with Crippen molar-refractivity contribution < 1.29 is 19.5 Å². The number of imide groups is 1. The van der Waals surface area contributed by atoms with Gasteiger partial charge in [0.1, 0.15) is 0 Å². The van der Waals surface area contributed by atoms with Crippen LogP contribution >= 0.6 is 11.8 Å². The predicted molar refractivity (Wildman–Crippen MR) is 76.4 cm³/mol. The Morgan fingerprint density at radius 2 is 1.95 bits per heavy atom. The third kappa shape index (κ3) is 2.43. The van der Waals surface area contributed by atoms with Gasteiger partial charge in [0.05, 0.1) is 16.7 Å². The average Bonchev–Trinajstić information content (AvgIpc) is 2.68. The molecule has 106 valence electrons. The minimum absolute atomic E-state index is 0.0161. The van der Waals surface area contributed by atoms with E-state index in [0.717, 1.165) is 5.75 Å². The van der Waals surface area contributed by atoms with Crippen molar-refractivity contribution in [3.05, 3.63) is 34.9 Å². The van der Waals surface area contributed by atoms with Crippen molar-refractivity contribution in [3.8, 4) is 0 Å². The number of thioether (sulfide) groups is 1. The number of benzene rings is 1. The van der Waals surface area contributed by atoms with Gasteiger partial charge in [0.2, 0.25) is 0 Å². The first kappa shape index (κ1) is 14.6. The molecular formula is C14H15NO4S. The van der Waals surface area contributed by atoms with Crippen LogP contribution in [0, 0.1) is 0 Å². The molecule has 1 N–H and O–H groups in total. The van der Waals surface area contributed by atoms with Crippen LogP contribution < -0.4 is 0 Å². The van der Waals surface area contributed by atoms with Gasteiger partial charge in [-0.05, 0) is 30.9 Å². The molecule has 2 amide bonds. The van der Waals surface area contributed by atoms with Gasteiger partial charge in [0.15, 0.2) is 0 Å². The smallest absolute Gasteiger partial charge is 0.335 e. The van der Waals surface area contributed by atoms with Crippen LogP contribution in [-0.4, -0.2) is 45.3 Å². The van der Waals surface area contributed by atoms with E-state index in [0.29, 0.717) is 5.75 Å². The summed E-state index contributed by atoms with van der Waals surface area (Å²) >= 11 is 1.65. The van der Waals surface area contributed by atoms with Crippen LogP contribution in [-0.2, 0) is 0 Å². The molecule has 0 radical (unpaired) electrons. The molecule has 1 unspecified atom stereocenters. The number of nitrogens with zero attached hydrogens (tertiary/aromatic N) is 1. The standard InChI is InChI=1S/C14H15NO4S/c1-3-20-7-8(2)15-12(16)10-5-4-9(14(18)19)6-11(10)13(15)17/h4-6,8H,3,7H2,1-2H3,(H,18,19). The summed E-state index contributed by atoms with van der Waals surface area (Å²) in [4.78, 5) is 36.7. The highest BCUT2D eigenvalue weighted by Crippen LogP contribution is 2.26. The van der Waals surface area contributed by atoms with E-state index in [1.807, 2.05) is 13.8 Å². The third-order valence-electron chi connectivity index (χ3n) is 3.17. The molecule has 1 aliphatic rings. The van der Waals surface area contributed by atoms with Crippen LogP contribution in [0.25, 0.3) is 0 Å². The summed E-state index contributed by atoms with van der Waals surface area (Å²) in [7, 11) is 0. The maximum atomic E-state index is 12.3. The average molecular weight is 293 g/mol. The van der Waals surface area contributed by atoms with Gasteiger partial charge in [-0.15, -0.1) is 0 Å². The van der Waals surface area contributed by atoms with E-state index in [4.69, 9.17) is 5.11 Å². The van der Waals surface area contributed by atoms with Crippen molar-refractivity contribution in [1.82, 2.24) is 4.90 Å². The van der Waals surface area contributed by atoms with Crippen LogP contribution in [0.3, 0.4) is 0 Å². The topological polar surface area (TPSA) is 74.7 Å². The van der Waals surface area contributed by atoms with Crippen LogP contribution in [0.15, 0.2) is 18.2 Å². The van der Waals surface area contributed by atoms with E-state index in [1.54, 1.807) is 11.8 Å². The first-order valence-corrected chi connectivity index (χ1v) is 7.45. The molecule has 2 rings (SSSR count). The minimum atomic E-state index is -1.11. The molecule has 0 saturated carbocycles. The molecule has 5 nitrogen and oxygen atoms in total. The molecule has 0 bridgehead atoms. The number of rotatable bonds is 5. The summed E-state index contributed by atoms with van der Waals surface area (Å²) < 4.78 is 0. The zero-order valence-corrected chi connectivity index (χ0v) is 12.1. The lowest BCUT2D eigenvalue weighted by Gasteiger charge is -2.21. The largest absolute Gasteiger partial charge is 0.478 e. The van der Waals surface area contributed by atoms with Crippen LogP contribution in [0.4, 0.5) is 0 Å². The maximum absolute atomic E-state index is 12.3. The number of carbonyl (C=O) groups is 3. The first-order chi connectivity index (χ1) is 9.47. The fourth-order valence-corrected chi connectivity index (χ4v) is 2.88. The summed E-state index contributed by atoms with van der Waals surface area (Å²) in [6.45, 7) is 3.83. The number of amides is 2. The summed E-state index contributed by atoms with van der Waals surface area (Å²) in [5, 5.41) is 8.95. The molecule has 0 fully saturated rings. The molecule has 0 aromatic heterocycles. The normalized spacial score (nSPS) is 15.4. The van der Waals surface area contributed by atoms with Gasteiger partial charge in [-0.3, -0.25) is 14.5 Å². The lowest BCUT2D eigenvalue weighted by Crippen LogP contribution is -2.39. The Morgan fingerprint density at radius 3 is 2.55 bits per heavy atom. The number of carboxylic acid groups (broad SMARTS) is 1. The minimum Gasteiger partial charge on any atom is -0.478 e. The molecular weight excluding hydrogens is 278 g/mol. The molecule has 1 aromatic rings. The van der Waals surface area contributed by atoms with Gasteiger partial charge in [-0.2, -0.15) is 11.8 Å². The Morgan fingerprint density at radius 1 is 1.30 bits per heavy atom. The monoisotopic (exact) mass is 293 g/mol. The second-order valence-electron chi connectivity index (χ2n) is 4.55. The quantitative estimate of drug-likeness (QED) is 0.842. The predicted octanol–water partition coefficient (Wildman–Crippen LogP) is 2.12. The van der Waals surface area contributed by atoms with Crippen molar-refractivity contribution in [3.63, 3.8) is 0 Å². The number of carboxylic acids is 1. The fraction of sp³-hybridized carbons (Fsp3) is 0.357. The third-order valence-corrected chi connectivity index (χ3v) is 4.30. The van der Waals surface area contributed by atoms with Crippen molar-refractivity contribution >= 4 is 29.5 Å². The maximum Gasteiger partial charge on any atom is 0.335 e. The van der Waals surface area contributed by atoms with E-state index in [1.165, 1.54) is 23.1 Å². The van der Waals surface area contributed by atoms with Gasteiger partial charge in [0.25, 0.3) is 11.8 Å². The SMILES string of the molecule is CCSCC(C)N1C(=O)c2ccc(C(=O)O)cc2C1=O. The molecule has 0 spiro atoms. The molecule has 20 heavy (non-hydrogen) atoms. The van der Waals surface area contributed by atoms with Crippen LogP contribution in [0.1, 0.15) is 44.9 Å². The molecule has 1 heterocycles. The van der Waals surface area contributed by atoms with Gasteiger partial charge >= 0.3 is 5.97 Å². The second-order valence-corrected chi connectivity index (χ2v) is 5.87. The van der Waals surface area contributed by atoms with Gasteiger partial charge in [-0.25, -0.2) is 4.79 Å². The van der Waals surface area contributed by atoms with E-state index < -0.39 is 11.9 Å². The van der Waals surface area contributed by atoms with Gasteiger partial charge in [-0.1, -0.05) is 6.92 Å². The van der Waals surface area contributed by atoms with Gasteiger partial charge < -0.3 is 5.11 Å². The number of hydrogen-bond donors (Lipinski definition) is 1. The number of carbonyl (C=O) groups excluding carboxylic acids is 2. The molecule has 0 saturated heterocycles. The Kier molecular flexibility index (Phi) is 4.13. The Labute approximate surface area is 121 Å². The number of fused-ring (bicyclic) bond motifs is 1. The molecule has 1 aromatic carbocycles. The van der Waals surface area contributed by atoms with Crippen molar-refractivity contribution in [2.75, 3.05) is 11.5 Å². The lowest BCUT2D eigenvalue weighted by molar-refractivity contribution is 0.0611. The lowest BCUT2D eigenvalue weighted by atomic mass is 10.1. The Bertz CT molecular complexity index is 585. The Balaban J connectivity index is 2.32. The zero-order chi connectivity index (χ0) is 14.9. The highest BCUT2D eigenvalue weighted by Gasteiger charge is 2.38. The van der Waals surface area contributed by atoms with E-state index in [-0.39, 0.29) is 28.6 Å². The summed E-state index contributed by atoms with van der Waals surface area (Å²) in [6, 6.07) is 3.83. The highest BCUT2D eigenvalue weighted by atomic mass is 32.2. The number of aromatic carboxylic acids is 1. The highest BCUT2D eigenvalue weighted by molar-refractivity contribution is 7.99. The van der Waals surface area contributed by atoms with Crippen molar-refractivity contribution in [2.24, 2.45) is 0 Å². The first-order valence-electron chi connectivity index (χ1n) is 6.30. The summed E-state index contributed by atoms with van der Waals surface area (Å²) in [5.74, 6) is -0.269. The van der Waals surface area contributed by atoms with E-state index >= 15 is 0 Å². The van der Waals surface area contributed by atoms with Crippen LogP contribution in [0.2, 0.25) is 0 Å². The second kappa shape index (κ2) is 5.66. The van der Waals surface area contributed by atoms with Crippen LogP contribution in [0.5, 0.6) is 0 Å². The Hall–Kier alpha value is -1.82. The zero-order valence-electron chi connectivity index (χ0n) is 11.3. The van der Waals surface area contributed by atoms with Gasteiger partial charge in [0, 0.05) is 11.8 Å². The molecule has 0 aliphatic carbocycles. The number of hydrogen-bond acceptors (Lipinski definition) is 4. The molecule has 1 aliphatic heterocycles. The van der Waals surface area contributed by atoms with E-state index in [2.05, 4.69) is 0 Å². The van der Waals surface area contributed by atoms with E-state index in [9.17, 15) is 14.4 Å². The molecule has 6 heteroatoms. The summed E-state index contributed by atoms with van der Waals surface area (Å²) in [5.41, 5.74) is 0.485. The fourth-order valence-electron chi connectivity index (χ4n) is 2.16. The summed E-state index contributed by atoms with van der Waals surface area (Å²) in [6.07, 6.45) is 0. The van der Waals surface area contributed by atoms with Crippen molar-refractivity contribution in [2.45, 2.75) is 19.9 Å².